The molecule has 0 saturated heterocycles. The summed E-state index contributed by atoms with van der Waals surface area (Å²) < 4.78 is 4.34. The summed E-state index contributed by atoms with van der Waals surface area (Å²) in [5, 5.41) is 0. The lowest BCUT2D eigenvalue weighted by Crippen LogP contribution is -2.00. The van der Waals surface area contributed by atoms with Gasteiger partial charge in [0.1, 0.15) is 12.2 Å². The summed E-state index contributed by atoms with van der Waals surface area (Å²) in [7, 11) is 0. The third-order valence-electron chi connectivity index (χ3n) is 7.69. The minimum Gasteiger partial charge on any atom is -0.297 e. The third-order valence-corrected chi connectivity index (χ3v) is 7.69. The van der Waals surface area contributed by atoms with E-state index in [0.29, 0.717) is 0 Å². The van der Waals surface area contributed by atoms with E-state index in [4.69, 9.17) is 9.97 Å². The van der Waals surface area contributed by atoms with Crippen LogP contribution in [-0.2, 0) is 0 Å². The van der Waals surface area contributed by atoms with Gasteiger partial charge in [-0.1, -0.05) is 91.0 Å². The van der Waals surface area contributed by atoms with Crippen molar-refractivity contribution in [2.24, 2.45) is 0 Å². The summed E-state index contributed by atoms with van der Waals surface area (Å²) in [6.07, 6.45) is 3.76. The minimum absolute atomic E-state index is 0.917. The van der Waals surface area contributed by atoms with Crippen LogP contribution < -0.4 is 0 Å². The van der Waals surface area contributed by atoms with E-state index in [0.717, 1.165) is 67.2 Å². The Kier molecular flexibility index (Phi) is 5.71. The monoisotopic (exact) mass is 539 g/mol. The minimum atomic E-state index is 0.917. The Bertz CT molecular complexity index is 2190. The van der Waals surface area contributed by atoms with Gasteiger partial charge in [0.15, 0.2) is 0 Å². The van der Waals surface area contributed by atoms with E-state index in [1.165, 1.54) is 0 Å². The predicted molar refractivity (Wildman–Crippen MR) is 170 cm³/mol. The van der Waals surface area contributed by atoms with E-state index in [9.17, 15) is 0 Å². The molecule has 0 spiro atoms. The second-order valence-electron chi connectivity index (χ2n) is 10.2. The molecule has 0 N–H and O–H groups in total. The standard InChI is InChI=1S/C37H25N5/c1-2-11-26(12-3-1)37-40-33-17-6-9-20-36(33)42(37)34-18-7-4-15-30(34)27-13-10-14-28(23-27)31-22-21-29(24-38-31)41-25-39-32-16-5-8-19-35(32)41/h1-25H. The highest BCUT2D eigenvalue weighted by atomic mass is 15.1. The highest BCUT2D eigenvalue weighted by Gasteiger charge is 2.17. The lowest BCUT2D eigenvalue weighted by atomic mass is 9.99. The molecule has 0 radical (unpaired) electrons. The first-order valence-corrected chi connectivity index (χ1v) is 14.0. The SMILES string of the molecule is c1ccc(-c2nc3ccccc3n2-c2ccccc2-c2cccc(-c3ccc(-n4cnc5ccccc54)cn3)c2)cc1. The topological polar surface area (TPSA) is 48.5 Å². The number of hydrogen-bond donors (Lipinski definition) is 0. The van der Waals surface area contributed by atoms with Gasteiger partial charge in [-0.05, 0) is 54.1 Å². The van der Waals surface area contributed by atoms with Crippen LogP contribution in [-0.4, -0.2) is 24.1 Å². The number of fused-ring (bicyclic) bond motifs is 2. The van der Waals surface area contributed by atoms with Gasteiger partial charge in [-0.25, -0.2) is 9.97 Å². The molecular weight excluding hydrogens is 514 g/mol. The highest BCUT2D eigenvalue weighted by molar-refractivity contribution is 5.87. The van der Waals surface area contributed by atoms with Gasteiger partial charge < -0.3 is 0 Å². The molecule has 0 atom stereocenters. The third kappa shape index (κ3) is 4.07. The number of pyridine rings is 1. The molecule has 5 nitrogen and oxygen atoms in total. The summed E-state index contributed by atoms with van der Waals surface area (Å²) in [5.41, 5.74) is 11.4. The molecule has 5 aromatic carbocycles. The molecule has 3 aromatic heterocycles. The van der Waals surface area contributed by atoms with Gasteiger partial charge in [0, 0.05) is 16.7 Å². The van der Waals surface area contributed by atoms with E-state index in [1.807, 2.05) is 42.9 Å². The Morgan fingerprint density at radius 2 is 1.21 bits per heavy atom. The van der Waals surface area contributed by atoms with Crippen LogP contribution in [0.25, 0.3) is 67.2 Å². The Morgan fingerprint density at radius 3 is 2.07 bits per heavy atom. The van der Waals surface area contributed by atoms with E-state index in [1.54, 1.807) is 0 Å². The fourth-order valence-corrected chi connectivity index (χ4v) is 5.67. The van der Waals surface area contributed by atoms with E-state index in [-0.39, 0.29) is 0 Å². The first-order valence-electron chi connectivity index (χ1n) is 14.0. The quantitative estimate of drug-likeness (QED) is 0.220. The van der Waals surface area contributed by atoms with Crippen molar-refractivity contribution in [3.63, 3.8) is 0 Å². The second kappa shape index (κ2) is 9.98. The number of nitrogens with zero attached hydrogens (tertiary/aromatic N) is 5. The zero-order valence-electron chi connectivity index (χ0n) is 22.7. The molecule has 198 valence electrons. The number of hydrogen-bond acceptors (Lipinski definition) is 3. The van der Waals surface area contributed by atoms with Crippen molar-refractivity contribution in [2.45, 2.75) is 0 Å². The Labute approximate surface area is 243 Å². The van der Waals surface area contributed by atoms with Crippen molar-refractivity contribution in [3.05, 3.63) is 152 Å². The molecule has 0 aliphatic rings. The Hall–Kier alpha value is -5.81. The van der Waals surface area contributed by atoms with Gasteiger partial charge >= 0.3 is 0 Å². The summed E-state index contributed by atoms with van der Waals surface area (Å²) in [4.78, 5) is 14.4. The lowest BCUT2D eigenvalue weighted by Gasteiger charge is -2.15. The van der Waals surface area contributed by atoms with Gasteiger partial charge in [0.2, 0.25) is 0 Å². The summed E-state index contributed by atoms with van der Waals surface area (Å²) in [6, 6.07) is 48.1. The van der Waals surface area contributed by atoms with Crippen LogP contribution in [0.3, 0.4) is 0 Å². The van der Waals surface area contributed by atoms with E-state index in [2.05, 4.69) is 123 Å². The maximum Gasteiger partial charge on any atom is 0.145 e. The highest BCUT2D eigenvalue weighted by Crippen LogP contribution is 2.35. The van der Waals surface area contributed by atoms with Crippen LogP contribution in [0.4, 0.5) is 0 Å². The van der Waals surface area contributed by atoms with Crippen molar-refractivity contribution >= 4 is 22.1 Å². The molecule has 0 saturated carbocycles. The maximum atomic E-state index is 5.05. The van der Waals surface area contributed by atoms with Gasteiger partial charge in [0.25, 0.3) is 0 Å². The molecule has 0 aliphatic carbocycles. The van der Waals surface area contributed by atoms with Crippen LogP contribution >= 0.6 is 0 Å². The maximum absolute atomic E-state index is 5.05. The van der Waals surface area contributed by atoms with Crippen molar-refractivity contribution in [2.75, 3.05) is 0 Å². The van der Waals surface area contributed by atoms with Crippen LogP contribution in [0.1, 0.15) is 0 Å². The van der Waals surface area contributed by atoms with Crippen LogP contribution in [0.15, 0.2) is 152 Å². The number of imidazole rings is 2. The zero-order chi connectivity index (χ0) is 27.9. The molecular formula is C37H25N5. The molecule has 0 amide bonds. The molecule has 42 heavy (non-hydrogen) atoms. The van der Waals surface area contributed by atoms with E-state index < -0.39 is 0 Å². The first-order chi connectivity index (χ1) is 20.8. The van der Waals surface area contributed by atoms with Gasteiger partial charge in [-0.3, -0.25) is 14.1 Å². The molecule has 0 fully saturated rings. The number of benzene rings is 5. The van der Waals surface area contributed by atoms with Gasteiger partial charge in [0.05, 0.1) is 45.3 Å². The van der Waals surface area contributed by atoms with Crippen molar-refractivity contribution < 1.29 is 0 Å². The predicted octanol–water partition coefficient (Wildman–Crippen LogP) is 8.76. The molecule has 8 rings (SSSR count). The van der Waals surface area contributed by atoms with Crippen LogP contribution in [0.5, 0.6) is 0 Å². The summed E-state index contributed by atoms with van der Waals surface area (Å²) in [5.74, 6) is 0.921. The summed E-state index contributed by atoms with van der Waals surface area (Å²) >= 11 is 0. The largest absolute Gasteiger partial charge is 0.297 e. The zero-order valence-corrected chi connectivity index (χ0v) is 22.7. The average Bonchev–Trinajstić information content (AvgIpc) is 3.68. The Morgan fingerprint density at radius 1 is 0.500 bits per heavy atom. The van der Waals surface area contributed by atoms with Crippen molar-refractivity contribution in [1.82, 2.24) is 24.1 Å². The molecule has 0 unspecified atom stereocenters. The van der Waals surface area contributed by atoms with Crippen LogP contribution in [0.2, 0.25) is 0 Å². The molecule has 8 aromatic rings. The molecule has 0 bridgehead atoms. The second-order valence-corrected chi connectivity index (χ2v) is 10.2. The first kappa shape index (κ1) is 24.0. The van der Waals surface area contributed by atoms with Crippen molar-refractivity contribution in [1.29, 1.82) is 0 Å². The lowest BCUT2D eigenvalue weighted by molar-refractivity contribution is 1.07. The van der Waals surface area contributed by atoms with Gasteiger partial charge in [-0.15, -0.1) is 0 Å². The number of rotatable bonds is 5. The number of aromatic nitrogens is 5. The Balaban J connectivity index is 1.22. The van der Waals surface area contributed by atoms with Crippen LogP contribution in [0, 0.1) is 0 Å². The average molecular weight is 540 g/mol. The van der Waals surface area contributed by atoms with Gasteiger partial charge in [-0.2, -0.15) is 0 Å². The molecule has 5 heteroatoms. The fourth-order valence-electron chi connectivity index (χ4n) is 5.67. The molecule has 0 aliphatic heterocycles. The summed E-state index contributed by atoms with van der Waals surface area (Å²) in [6.45, 7) is 0. The fraction of sp³-hybridized carbons (Fsp3) is 0. The van der Waals surface area contributed by atoms with Crippen molar-refractivity contribution in [3.8, 4) is 45.1 Å². The van der Waals surface area contributed by atoms with E-state index >= 15 is 0 Å². The smallest absolute Gasteiger partial charge is 0.145 e. The normalized spacial score (nSPS) is 11.3. The molecule has 3 heterocycles. The number of para-hydroxylation sites is 5.